The molecule has 212 valence electrons. The fraction of sp³-hybridized carbons (Fsp3) is 0.194. The molecule has 0 saturated heterocycles. The number of nitrogens with one attached hydrogen (secondary N) is 3. The quantitative estimate of drug-likeness (QED) is 0.195. The first-order chi connectivity index (χ1) is 19.7. The van der Waals surface area contributed by atoms with Crippen LogP contribution in [-0.4, -0.2) is 36.3 Å². The van der Waals surface area contributed by atoms with Gasteiger partial charge >= 0.3 is 5.91 Å². The summed E-state index contributed by atoms with van der Waals surface area (Å²) in [5, 5.41) is 17.4. The van der Waals surface area contributed by atoms with Crippen molar-refractivity contribution in [3.63, 3.8) is 0 Å². The van der Waals surface area contributed by atoms with Gasteiger partial charge in [-0.15, -0.1) is 0 Å². The van der Waals surface area contributed by atoms with Gasteiger partial charge < -0.3 is 16.0 Å². The molecule has 0 saturated carbocycles. The summed E-state index contributed by atoms with van der Waals surface area (Å²) < 4.78 is 0. The molecule has 0 spiro atoms. The lowest BCUT2D eigenvalue weighted by atomic mass is 9.92. The van der Waals surface area contributed by atoms with Gasteiger partial charge in [0, 0.05) is 23.2 Å². The minimum Gasteiger partial charge on any atom is -0.350 e. The van der Waals surface area contributed by atoms with E-state index in [1.165, 1.54) is 19.1 Å². The lowest BCUT2D eigenvalue weighted by Crippen LogP contribution is -2.64. The Hall–Kier alpha value is -3.62. The van der Waals surface area contributed by atoms with Crippen LogP contribution >= 0.6 is 34.8 Å². The van der Waals surface area contributed by atoms with Crippen molar-refractivity contribution in [1.82, 2.24) is 10.6 Å². The van der Waals surface area contributed by atoms with E-state index in [4.69, 9.17) is 39.9 Å². The van der Waals surface area contributed by atoms with Crippen molar-refractivity contribution in [1.29, 1.82) is 0 Å². The number of carbonyl (C=O) groups is 2. The highest BCUT2D eigenvalue weighted by atomic mass is 35.5. The number of para-hydroxylation sites is 1. The van der Waals surface area contributed by atoms with Crippen LogP contribution in [0.3, 0.4) is 0 Å². The van der Waals surface area contributed by atoms with Gasteiger partial charge in [0.2, 0.25) is 11.6 Å². The Morgan fingerprint density at radius 1 is 0.878 bits per heavy atom. The Morgan fingerprint density at radius 2 is 1.49 bits per heavy atom. The van der Waals surface area contributed by atoms with Crippen molar-refractivity contribution in [2.24, 2.45) is 5.10 Å². The average Bonchev–Trinajstić information content (AvgIpc) is 3.19. The second kappa shape index (κ2) is 13.4. The van der Waals surface area contributed by atoms with Crippen LogP contribution in [0.15, 0.2) is 90.0 Å². The molecule has 0 bridgehead atoms. The summed E-state index contributed by atoms with van der Waals surface area (Å²) in [6.45, 7) is 7.73. The molecular weight excluding hydrogens is 581 g/mol. The minimum atomic E-state index is -1.76. The molecule has 4 aromatic rings. The molecule has 5 rings (SSSR count). The van der Waals surface area contributed by atoms with Gasteiger partial charge in [-0.1, -0.05) is 109 Å². The molecule has 1 atom stereocenters. The first-order valence-corrected chi connectivity index (χ1v) is 14.2. The van der Waals surface area contributed by atoms with Crippen LogP contribution < -0.4 is 21.0 Å². The van der Waals surface area contributed by atoms with Crippen molar-refractivity contribution in [2.45, 2.75) is 26.4 Å². The number of hydrogen-bond acceptors (Lipinski definition) is 5. The van der Waals surface area contributed by atoms with E-state index in [0.717, 1.165) is 28.9 Å². The summed E-state index contributed by atoms with van der Waals surface area (Å²) in [7, 11) is 0. The molecule has 1 aliphatic heterocycles. The predicted molar refractivity (Wildman–Crippen MR) is 170 cm³/mol. The van der Waals surface area contributed by atoms with Crippen LogP contribution in [0.2, 0.25) is 15.1 Å². The van der Waals surface area contributed by atoms with E-state index < -0.39 is 17.5 Å². The number of benzene rings is 4. The van der Waals surface area contributed by atoms with E-state index in [0.29, 0.717) is 16.3 Å². The van der Waals surface area contributed by atoms with Gasteiger partial charge in [-0.25, -0.2) is 0 Å². The van der Waals surface area contributed by atoms with Crippen molar-refractivity contribution >= 4 is 74.5 Å². The molecule has 0 radical (unpaired) electrons. The van der Waals surface area contributed by atoms with E-state index >= 15 is 0 Å². The van der Waals surface area contributed by atoms with E-state index in [1.807, 2.05) is 60.7 Å². The highest BCUT2D eigenvalue weighted by Crippen LogP contribution is 2.41. The maximum Gasteiger partial charge on any atom is 0.300 e. The van der Waals surface area contributed by atoms with Crippen molar-refractivity contribution < 1.29 is 9.59 Å². The molecule has 0 aliphatic carbocycles. The monoisotopic (exact) mass is 609 g/mol. The number of carbonyl (C=O) groups excluding carboxylic acids is 2. The van der Waals surface area contributed by atoms with Crippen LogP contribution in [0.1, 0.15) is 26.3 Å². The number of rotatable bonds is 7. The number of fused-ring (bicyclic) bond motifs is 1. The Morgan fingerprint density at radius 3 is 2.10 bits per heavy atom. The summed E-state index contributed by atoms with van der Waals surface area (Å²) >= 11 is 19.1. The van der Waals surface area contributed by atoms with Crippen molar-refractivity contribution in [2.75, 3.05) is 23.4 Å². The molecule has 10 heteroatoms. The molecule has 0 aromatic heterocycles. The summed E-state index contributed by atoms with van der Waals surface area (Å²) in [6, 6.07) is 25.5. The maximum absolute atomic E-state index is 14.3. The third-order valence-electron chi connectivity index (χ3n) is 6.28. The molecule has 1 heterocycles. The Labute approximate surface area is 254 Å². The fourth-order valence-electron chi connectivity index (χ4n) is 4.57. The normalized spacial score (nSPS) is 16.2. The summed E-state index contributed by atoms with van der Waals surface area (Å²) in [5.41, 5.74) is -0.0631. The summed E-state index contributed by atoms with van der Waals surface area (Å²) in [5.74, 6) is -1.02. The van der Waals surface area contributed by atoms with E-state index in [2.05, 4.69) is 29.8 Å². The third kappa shape index (κ3) is 6.49. The zero-order chi connectivity index (χ0) is 29.6. The van der Waals surface area contributed by atoms with Crippen LogP contribution in [-0.2, 0) is 9.59 Å². The zero-order valence-electron chi connectivity index (χ0n) is 22.8. The Balaban J connectivity index is 0.000000714. The summed E-state index contributed by atoms with van der Waals surface area (Å²) in [6.07, 6.45) is 0. The van der Waals surface area contributed by atoms with Crippen LogP contribution in [0, 0.1) is 0 Å². The molecule has 7 nitrogen and oxygen atoms in total. The number of halogens is 3. The molecular formula is C31H30Cl3N5O2. The average molecular weight is 611 g/mol. The number of amides is 2. The number of hydrazone groups is 1. The predicted octanol–water partition coefficient (Wildman–Crippen LogP) is 7.11. The first-order valence-electron chi connectivity index (χ1n) is 13.1. The van der Waals surface area contributed by atoms with Gasteiger partial charge in [-0.05, 0) is 48.1 Å². The molecule has 1 aliphatic rings. The van der Waals surface area contributed by atoms with E-state index in [9.17, 15) is 9.59 Å². The van der Waals surface area contributed by atoms with E-state index in [-0.39, 0.29) is 21.4 Å². The standard InChI is InChI=1S/C27H19Cl3N4O2.C4H11N/c1-16(35)31-27(32-19-10-3-2-4-11-19)25(21-13-7-9-17-8-5-6-12-20(17)21)33-34(26(27)36)24-22(29)14-18(28)15-23(24)30;1-3-5-4-2/h2-15,32H,1H3,(H,31,35);5H,3-4H2,1-2H3. The zero-order valence-corrected chi connectivity index (χ0v) is 25.1. The first kappa shape index (κ1) is 30.3. The lowest BCUT2D eigenvalue weighted by molar-refractivity contribution is -0.127. The number of hydrogen-bond donors (Lipinski definition) is 3. The van der Waals surface area contributed by atoms with Gasteiger partial charge in [-0.2, -0.15) is 10.1 Å². The van der Waals surface area contributed by atoms with Crippen molar-refractivity contribution in [3.8, 4) is 0 Å². The largest absolute Gasteiger partial charge is 0.350 e. The molecule has 1 unspecified atom stereocenters. The maximum atomic E-state index is 14.3. The molecule has 41 heavy (non-hydrogen) atoms. The smallest absolute Gasteiger partial charge is 0.300 e. The van der Waals surface area contributed by atoms with Crippen LogP contribution in [0.5, 0.6) is 0 Å². The molecule has 0 fully saturated rings. The highest BCUT2D eigenvalue weighted by Gasteiger charge is 2.54. The SMILES string of the molecule is CC(=O)NC1(Nc2ccccc2)C(=O)N(c2c(Cl)cc(Cl)cc2Cl)N=C1c1cccc2ccccc12.CCNCC. The molecule has 2 amide bonds. The fourth-order valence-corrected chi connectivity index (χ4v) is 5.54. The second-order valence-corrected chi connectivity index (χ2v) is 10.4. The Bertz CT molecular complexity index is 1570. The van der Waals surface area contributed by atoms with Crippen LogP contribution in [0.25, 0.3) is 10.8 Å². The molecule has 4 aromatic carbocycles. The van der Waals surface area contributed by atoms with E-state index in [1.54, 1.807) is 12.1 Å². The topological polar surface area (TPSA) is 85.8 Å². The number of nitrogens with zero attached hydrogens (tertiary/aromatic N) is 2. The van der Waals surface area contributed by atoms with Crippen molar-refractivity contribution in [3.05, 3.63) is 106 Å². The second-order valence-electron chi connectivity index (χ2n) is 9.19. The highest BCUT2D eigenvalue weighted by molar-refractivity contribution is 6.44. The minimum absolute atomic E-state index is 0.139. The van der Waals surface area contributed by atoms with Gasteiger partial charge in [0.15, 0.2) is 0 Å². The van der Waals surface area contributed by atoms with Gasteiger partial charge in [0.05, 0.1) is 10.0 Å². The molecule has 3 N–H and O–H groups in total. The summed E-state index contributed by atoms with van der Waals surface area (Å²) in [4.78, 5) is 26.8. The Kier molecular flexibility index (Phi) is 9.89. The number of anilines is 2. The third-order valence-corrected chi connectivity index (χ3v) is 7.07. The van der Waals surface area contributed by atoms with Crippen LogP contribution in [0.4, 0.5) is 11.4 Å². The lowest BCUT2D eigenvalue weighted by Gasteiger charge is -2.32. The van der Waals surface area contributed by atoms with Gasteiger partial charge in [-0.3, -0.25) is 9.59 Å². The van der Waals surface area contributed by atoms with Gasteiger partial charge in [0.25, 0.3) is 0 Å². The van der Waals surface area contributed by atoms with Gasteiger partial charge in [0.1, 0.15) is 11.4 Å².